The van der Waals surface area contributed by atoms with Crippen molar-refractivity contribution in [2.24, 2.45) is 0 Å². The number of nitrogens with zero attached hydrogens (tertiary/aromatic N) is 1. The summed E-state index contributed by atoms with van der Waals surface area (Å²) in [4.78, 5) is 16.3. The highest BCUT2D eigenvalue weighted by molar-refractivity contribution is 5.99. The highest BCUT2D eigenvalue weighted by Crippen LogP contribution is 2.13. The lowest BCUT2D eigenvalue weighted by atomic mass is 10.1. The van der Waals surface area contributed by atoms with Gasteiger partial charge in [-0.25, -0.2) is 0 Å². The van der Waals surface area contributed by atoms with Crippen molar-refractivity contribution < 1.29 is 4.79 Å². The molecule has 0 fully saturated rings. The van der Waals surface area contributed by atoms with E-state index in [0.717, 1.165) is 17.8 Å². The van der Waals surface area contributed by atoms with Gasteiger partial charge in [-0.15, -0.1) is 0 Å². The summed E-state index contributed by atoms with van der Waals surface area (Å²) >= 11 is 0. The van der Waals surface area contributed by atoms with Crippen molar-refractivity contribution in [3.63, 3.8) is 0 Å². The van der Waals surface area contributed by atoms with E-state index in [0.29, 0.717) is 12.1 Å². The van der Waals surface area contributed by atoms with Crippen LogP contribution >= 0.6 is 0 Å². The van der Waals surface area contributed by atoms with Gasteiger partial charge in [0.15, 0.2) is 0 Å². The molecule has 0 unspecified atom stereocenters. The van der Waals surface area contributed by atoms with Crippen molar-refractivity contribution >= 4 is 11.6 Å². The van der Waals surface area contributed by atoms with Gasteiger partial charge in [-0.3, -0.25) is 9.78 Å². The number of rotatable bonds is 5. The van der Waals surface area contributed by atoms with E-state index in [2.05, 4.69) is 21.7 Å². The van der Waals surface area contributed by atoms with E-state index in [4.69, 9.17) is 0 Å². The van der Waals surface area contributed by atoms with Crippen LogP contribution in [0.2, 0.25) is 0 Å². The van der Waals surface area contributed by atoms with Gasteiger partial charge in [0.05, 0.1) is 17.4 Å². The number of aryl methyl sites for hydroxylation is 1. The first-order chi connectivity index (χ1) is 9.70. The van der Waals surface area contributed by atoms with Crippen molar-refractivity contribution in [1.82, 2.24) is 10.3 Å². The minimum atomic E-state index is -0.0927. The van der Waals surface area contributed by atoms with Crippen LogP contribution in [0.15, 0.2) is 42.7 Å². The summed E-state index contributed by atoms with van der Waals surface area (Å²) in [6.45, 7) is 5.30. The van der Waals surface area contributed by atoms with Crippen molar-refractivity contribution in [3.8, 4) is 0 Å². The van der Waals surface area contributed by atoms with Crippen LogP contribution in [-0.4, -0.2) is 17.4 Å². The average molecular weight is 269 g/mol. The van der Waals surface area contributed by atoms with E-state index in [1.54, 1.807) is 18.5 Å². The largest absolute Gasteiger partial charge is 0.383 e. The number of hydrogen-bond donors (Lipinski definition) is 2. The standard InChI is InChI=1S/C16H19N3O/c1-3-18-15-11-17-8-7-14(15)16(20)19-10-13-6-4-5-12(2)9-13/h4-9,11,18H,3,10H2,1-2H3,(H,19,20). The molecule has 1 aromatic heterocycles. The van der Waals surface area contributed by atoms with Crippen LogP contribution in [0.4, 0.5) is 5.69 Å². The Balaban J connectivity index is 2.05. The Morgan fingerprint density at radius 3 is 2.90 bits per heavy atom. The van der Waals surface area contributed by atoms with Crippen LogP contribution in [0.3, 0.4) is 0 Å². The van der Waals surface area contributed by atoms with Crippen LogP contribution in [0.5, 0.6) is 0 Å². The van der Waals surface area contributed by atoms with Gasteiger partial charge in [0.25, 0.3) is 5.91 Å². The molecule has 4 heteroatoms. The molecule has 0 spiro atoms. The fraction of sp³-hybridized carbons (Fsp3) is 0.250. The van der Waals surface area contributed by atoms with Crippen molar-refractivity contribution in [2.75, 3.05) is 11.9 Å². The van der Waals surface area contributed by atoms with E-state index < -0.39 is 0 Å². The number of benzene rings is 1. The quantitative estimate of drug-likeness (QED) is 0.877. The number of hydrogen-bond acceptors (Lipinski definition) is 3. The number of aromatic nitrogens is 1. The minimum Gasteiger partial charge on any atom is -0.383 e. The number of carbonyl (C=O) groups is 1. The highest BCUT2D eigenvalue weighted by Gasteiger charge is 2.10. The summed E-state index contributed by atoms with van der Waals surface area (Å²) in [6, 6.07) is 9.83. The summed E-state index contributed by atoms with van der Waals surface area (Å²) in [6.07, 6.45) is 3.30. The average Bonchev–Trinajstić information content (AvgIpc) is 2.46. The first-order valence-corrected chi connectivity index (χ1v) is 6.72. The van der Waals surface area contributed by atoms with Crippen LogP contribution in [0.25, 0.3) is 0 Å². The van der Waals surface area contributed by atoms with Gasteiger partial charge in [0.1, 0.15) is 0 Å². The van der Waals surface area contributed by atoms with Crippen LogP contribution in [0, 0.1) is 6.92 Å². The molecule has 1 heterocycles. The summed E-state index contributed by atoms with van der Waals surface area (Å²) in [5.74, 6) is -0.0927. The van der Waals surface area contributed by atoms with Gasteiger partial charge in [-0.05, 0) is 25.5 Å². The molecule has 2 N–H and O–H groups in total. The lowest BCUT2D eigenvalue weighted by molar-refractivity contribution is 0.0951. The monoisotopic (exact) mass is 269 g/mol. The van der Waals surface area contributed by atoms with Crippen molar-refractivity contribution in [3.05, 3.63) is 59.4 Å². The van der Waals surface area contributed by atoms with Crippen LogP contribution < -0.4 is 10.6 Å². The molecular formula is C16H19N3O. The Morgan fingerprint density at radius 1 is 1.30 bits per heavy atom. The highest BCUT2D eigenvalue weighted by atomic mass is 16.1. The van der Waals surface area contributed by atoms with E-state index in [-0.39, 0.29) is 5.91 Å². The van der Waals surface area contributed by atoms with Crippen molar-refractivity contribution in [1.29, 1.82) is 0 Å². The Kier molecular flexibility index (Phi) is 4.71. The Bertz CT molecular complexity index is 596. The molecule has 2 aromatic rings. The Labute approximate surface area is 119 Å². The molecule has 0 bridgehead atoms. The molecule has 20 heavy (non-hydrogen) atoms. The molecule has 0 aliphatic rings. The van der Waals surface area contributed by atoms with Gasteiger partial charge >= 0.3 is 0 Å². The molecule has 104 valence electrons. The molecule has 4 nitrogen and oxygen atoms in total. The number of carbonyl (C=O) groups excluding carboxylic acids is 1. The predicted molar refractivity (Wildman–Crippen MR) is 80.7 cm³/mol. The molecule has 2 rings (SSSR count). The number of anilines is 1. The third-order valence-corrected chi connectivity index (χ3v) is 2.97. The molecule has 1 aromatic carbocycles. The second kappa shape index (κ2) is 6.70. The summed E-state index contributed by atoms with van der Waals surface area (Å²) in [7, 11) is 0. The summed E-state index contributed by atoms with van der Waals surface area (Å²) in [5.41, 5.74) is 3.66. The number of nitrogens with one attached hydrogen (secondary N) is 2. The lowest BCUT2D eigenvalue weighted by Crippen LogP contribution is -2.24. The van der Waals surface area contributed by atoms with Gasteiger partial charge in [-0.1, -0.05) is 29.8 Å². The van der Waals surface area contributed by atoms with Crippen LogP contribution in [-0.2, 0) is 6.54 Å². The third-order valence-electron chi connectivity index (χ3n) is 2.97. The molecule has 0 saturated heterocycles. The molecule has 0 atom stereocenters. The lowest BCUT2D eigenvalue weighted by Gasteiger charge is -2.10. The zero-order valence-corrected chi connectivity index (χ0v) is 11.8. The fourth-order valence-corrected chi connectivity index (χ4v) is 2.02. The molecule has 0 aliphatic carbocycles. The zero-order chi connectivity index (χ0) is 14.4. The van der Waals surface area contributed by atoms with E-state index in [1.165, 1.54) is 5.56 Å². The minimum absolute atomic E-state index is 0.0927. The van der Waals surface area contributed by atoms with Gasteiger partial charge < -0.3 is 10.6 Å². The number of amides is 1. The van der Waals surface area contributed by atoms with E-state index >= 15 is 0 Å². The topological polar surface area (TPSA) is 54.0 Å². The number of pyridine rings is 1. The Hall–Kier alpha value is -2.36. The van der Waals surface area contributed by atoms with Gasteiger partial charge in [-0.2, -0.15) is 0 Å². The Morgan fingerprint density at radius 2 is 2.15 bits per heavy atom. The molecular weight excluding hydrogens is 250 g/mol. The smallest absolute Gasteiger partial charge is 0.253 e. The maximum absolute atomic E-state index is 12.2. The third kappa shape index (κ3) is 3.57. The normalized spacial score (nSPS) is 10.1. The summed E-state index contributed by atoms with van der Waals surface area (Å²) in [5, 5.41) is 6.08. The molecule has 0 saturated carbocycles. The maximum Gasteiger partial charge on any atom is 0.253 e. The van der Waals surface area contributed by atoms with E-state index in [1.807, 2.05) is 32.0 Å². The SMILES string of the molecule is CCNc1cnccc1C(=O)NCc1cccc(C)c1. The van der Waals surface area contributed by atoms with Crippen molar-refractivity contribution in [2.45, 2.75) is 20.4 Å². The first-order valence-electron chi connectivity index (χ1n) is 6.72. The second-order valence-corrected chi connectivity index (χ2v) is 4.62. The maximum atomic E-state index is 12.2. The molecule has 0 radical (unpaired) electrons. The summed E-state index contributed by atoms with van der Waals surface area (Å²) < 4.78 is 0. The zero-order valence-electron chi connectivity index (χ0n) is 11.8. The van der Waals surface area contributed by atoms with Gasteiger partial charge in [0.2, 0.25) is 0 Å². The van der Waals surface area contributed by atoms with E-state index in [9.17, 15) is 4.79 Å². The first kappa shape index (κ1) is 14.1. The second-order valence-electron chi connectivity index (χ2n) is 4.62. The fourth-order valence-electron chi connectivity index (χ4n) is 2.02. The predicted octanol–water partition coefficient (Wildman–Crippen LogP) is 2.75. The van der Waals surface area contributed by atoms with Crippen LogP contribution in [0.1, 0.15) is 28.4 Å². The van der Waals surface area contributed by atoms with Gasteiger partial charge in [0, 0.05) is 19.3 Å². The molecule has 0 aliphatic heterocycles. The molecule has 1 amide bonds.